The summed E-state index contributed by atoms with van der Waals surface area (Å²) in [7, 11) is 1.86. The van der Waals surface area contributed by atoms with Gasteiger partial charge in [-0.15, -0.1) is 0 Å². The molecular weight excluding hydrogens is 228 g/mol. The number of pyridine rings is 1. The number of aromatic nitrogens is 1. The lowest BCUT2D eigenvalue weighted by atomic mass is 10.2. The van der Waals surface area contributed by atoms with Gasteiger partial charge >= 0.3 is 0 Å². The van der Waals surface area contributed by atoms with Crippen molar-refractivity contribution in [1.29, 1.82) is 0 Å². The van der Waals surface area contributed by atoms with Crippen LogP contribution in [0.25, 0.3) is 0 Å². The second-order valence-corrected chi connectivity index (χ2v) is 4.77. The third kappa shape index (κ3) is 4.00. The molecule has 1 amide bonds. The molecule has 3 N–H and O–H groups in total. The fourth-order valence-electron chi connectivity index (χ4n) is 1.79. The van der Waals surface area contributed by atoms with E-state index < -0.39 is 0 Å². The number of amides is 1. The summed E-state index contributed by atoms with van der Waals surface area (Å²) >= 11 is 0. The molecule has 5 heteroatoms. The van der Waals surface area contributed by atoms with Crippen molar-refractivity contribution in [1.82, 2.24) is 10.3 Å². The molecular formula is C13H22N4O. The molecule has 18 heavy (non-hydrogen) atoms. The molecule has 0 saturated carbocycles. The summed E-state index contributed by atoms with van der Waals surface area (Å²) < 4.78 is 0. The zero-order chi connectivity index (χ0) is 13.7. The fraction of sp³-hybridized carbons (Fsp3) is 0.538. The van der Waals surface area contributed by atoms with E-state index in [1.165, 1.54) is 0 Å². The van der Waals surface area contributed by atoms with Gasteiger partial charge in [0.25, 0.3) is 0 Å². The molecule has 0 aromatic carbocycles. The Kier molecular flexibility index (Phi) is 5.09. The molecule has 5 nitrogen and oxygen atoms in total. The largest absolute Gasteiger partial charge is 0.352 e. The Hall–Kier alpha value is -1.62. The van der Waals surface area contributed by atoms with E-state index in [1.807, 2.05) is 38.8 Å². The zero-order valence-corrected chi connectivity index (χ0v) is 11.5. The molecule has 0 fully saturated rings. The van der Waals surface area contributed by atoms with Crippen LogP contribution in [0.15, 0.2) is 12.3 Å². The average Bonchev–Trinajstić information content (AvgIpc) is 2.27. The molecule has 1 aromatic rings. The second kappa shape index (κ2) is 6.35. The van der Waals surface area contributed by atoms with E-state index in [9.17, 15) is 4.79 Å². The second-order valence-electron chi connectivity index (χ2n) is 4.77. The summed E-state index contributed by atoms with van der Waals surface area (Å²) in [4.78, 5) is 17.9. The van der Waals surface area contributed by atoms with Crippen LogP contribution in [0.4, 0.5) is 5.82 Å². The van der Waals surface area contributed by atoms with Gasteiger partial charge in [-0.3, -0.25) is 4.79 Å². The third-order valence-electron chi connectivity index (χ3n) is 2.53. The monoisotopic (exact) mass is 250 g/mol. The lowest BCUT2D eigenvalue weighted by Crippen LogP contribution is -2.39. The third-order valence-corrected chi connectivity index (χ3v) is 2.53. The van der Waals surface area contributed by atoms with Crippen molar-refractivity contribution in [2.75, 3.05) is 18.5 Å². The maximum Gasteiger partial charge on any atom is 0.239 e. The van der Waals surface area contributed by atoms with Crippen molar-refractivity contribution in [3.05, 3.63) is 23.4 Å². The molecule has 0 unspecified atom stereocenters. The highest BCUT2D eigenvalue weighted by atomic mass is 16.2. The maximum absolute atomic E-state index is 11.7. The summed E-state index contributed by atoms with van der Waals surface area (Å²) in [5.41, 5.74) is 7.59. The van der Waals surface area contributed by atoms with Gasteiger partial charge in [-0.2, -0.15) is 0 Å². The summed E-state index contributed by atoms with van der Waals surface area (Å²) in [6, 6.07) is 2.15. The number of carbonyl (C=O) groups excluding carboxylic acids is 1. The number of hydrogen-bond acceptors (Lipinski definition) is 4. The number of carbonyl (C=O) groups is 1. The van der Waals surface area contributed by atoms with E-state index >= 15 is 0 Å². The quantitative estimate of drug-likeness (QED) is 0.811. The number of nitrogens with one attached hydrogen (secondary N) is 1. The van der Waals surface area contributed by atoms with Crippen LogP contribution < -0.4 is 16.0 Å². The van der Waals surface area contributed by atoms with Crippen molar-refractivity contribution in [3.63, 3.8) is 0 Å². The molecule has 100 valence electrons. The van der Waals surface area contributed by atoms with Crippen LogP contribution in [0, 0.1) is 6.92 Å². The summed E-state index contributed by atoms with van der Waals surface area (Å²) in [6.07, 6.45) is 1.75. The van der Waals surface area contributed by atoms with Crippen molar-refractivity contribution < 1.29 is 4.79 Å². The summed E-state index contributed by atoms with van der Waals surface area (Å²) in [5, 5.41) is 2.86. The first-order chi connectivity index (χ1) is 8.43. The lowest BCUT2D eigenvalue weighted by molar-refractivity contribution is -0.120. The van der Waals surface area contributed by atoms with Gasteiger partial charge in [0.15, 0.2) is 0 Å². The summed E-state index contributed by atoms with van der Waals surface area (Å²) in [6.45, 7) is 6.63. The van der Waals surface area contributed by atoms with Gasteiger partial charge in [-0.25, -0.2) is 4.98 Å². The van der Waals surface area contributed by atoms with E-state index in [0.717, 1.165) is 16.9 Å². The van der Waals surface area contributed by atoms with Crippen molar-refractivity contribution in [2.24, 2.45) is 5.73 Å². The molecule has 0 bridgehead atoms. The Balaban J connectivity index is 2.72. The highest BCUT2D eigenvalue weighted by molar-refractivity contribution is 5.81. The Morgan fingerprint density at radius 3 is 2.72 bits per heavy atom. The van der Waals surface area contributed by atoms with Crippen LogP contribution in [0.3, 0.4) is 0 Å². The van der Waals surface area contributed by atoms with E-state index in [2.05, 4.69) is 10.3 Å². The van der Waals surface area contributed by atoms with Crippen molar-refractivity contribution in [2.45, 2.75) is 33.4 Å². The maximum atomic E-state index is 11.7. The van der Waals surface area contributed by atoms with E-state index in [4.69, 9.17) is 5.73 Å². The number of hydrogen-bond donors (Lipinski definition) is 2. The molecule has 0 saturated heterocycles. The molecule has 0 aliphatic rings. The minimum Gasteiger partial charge on any atom is -0.352 e. The topological polar surface area (TPSA) is 71.2 Å². The van der Waals surface area contributed by atoms with Crippen LogP contribution in [0.1, 0.15) is 25.0 Å². The predicted octanol–water partition coefficient (Wildman–Crippen LogP) is 0.810. The Morgan fingerprint density at radius 2 is 2.22 bits per heavy atom. The Labute approximate surface area is 108 Å². The SMILES string of the molecule is Cc1cc(CN)cnc1N(C)CC(=O)NC(C)C. The van der Waals surface area contributed by atoms with E-state index in [-0.39, 0.29) is 11.9 Å². The van der Waals surface area contributed by atoms with Crippen molar-refractivity contribution >= 4 is 11.7 Å². The normalized spacial score (nSPS) is 10.6. The number of aryl methyl sites for hydroxylation is 1. The fourth-order valence-corrected chi connectivity index (χ4v) is 1.79. The molecule has 0 spiro atoms. The van der Waals surface area contributed by atoms with Gasteiger partial charge in [0.05, 0.1) is 6.54 Å². The van der Waals surface area contributed by atoms with Crippen LogP contribution in [0.2, 0.25) is 0 Å². The molecule has 1 rings (SSSR count). The Morgan fingerprint density at radius 1 is 1.56 bits per heavy atom. The van der Waals surface area contributed by atoms with Gasteiger partial charge in [-0.05, 0) is 38.0 Å². The number of anilines is 1. The van der Waals surface area contributed by atoms with Gasteiger partial charge in [-0.1, -0.05) is 0 Å². The standard InChI is InChI=1S/C13H22N4O/c1-9(2)16-12(18)8-17(4)13-10(3)5-11(6-14)7-15-13/h5,7,9H,6,8,14H2,1-4H3,(H,16,18). The smallest absolute Gasteiger partial charge is 0.239 e. The molecule has 0 atom stereocenters. The van der Waals surface area contributed by atoms with E-state index in [1.54, 1.807) is 6.20 Å². The number of likely N-dealkylation sites (N-methyl/N-ethyl adjacent to an activating group) is 1. The lowest BCUT2D eigenvalue weighted by Gasteiger charge is -2.20. The van der Waals surface area contributed by atoms with Gasteiger partial charge < -0.3 is 16.0 Å². The van der Waals surface area contributed by atoms with Gasteiger partial charge in [0.2, 0.25) is 5.91 Å². The van der Waals surface area contributed by atoms with Crippen LogP contribution in [-0.2, 0) is 11.3 Å². The van der Waals surface area contributed by atoms with Gasteiger partial charge in [0, 0.05) is 25.8 Å². The molecule has 1 aromatic heterocycles. The minimum absolute atomic E-state index is 0.00315. The number of nitrogens with zero attached hydrogens (tertiary/aromatic N) is 2. The van der Waals surface area contributed by atoms with Crippen LogP contribution in [0.5, 0.6) is 0 Å². The number of nitrogens with two attached hydrogens (primary N) is 1. The van der Waals surface area contributed by atoms with Crippen LogP contribution in [-0.4, -0.2) is 30.5 Å². The first-order valence-corrected chi connectivity index (χ1v) is 6.10. The summed E-state index contributed by atoms with van der Waals surface area (Å²) in [5.74, 6) is 0.808. The predicted molar refractivity (Wildman–Crippen MR) is 73.4 cm³/mol. The molecule has 1 heterocycles. The average molecular weight is 250 g/mol. The first kappa shape index (κ1) is 14.4. The molecule has 0 aliphatic heterocycles. The zero-order valence-electron chi connectivity index (χ0n) is 11.5. The van der Waals surface area contributed by atoms with Crippen LogP contribution >= 0.6 is 0 Å². The highest BCUT2D eigenvalue weighted by Crippen LogP contribution is 2.16. The first-order valence-electron chi connectivity index (χ1n) is 6.10. The van der Waals surface area contributed by atoms with Crippen molar-refractivity contribution in [3.8, 4) is 0 Å². The Bertz CT molecular complexity index is 417. The minimum atomic E-state index is -0.00315. The molecule has 0 radical (unpaired) electrons. The van der Waals surface area contributed by atoms with Gasteiger partial charge in [0.1, 0.15) is 5.82 Å². The highest BCUT2D eigenvalue weighted by Gasteiger charge is 2.11. The van der Waals surface area contributed by atoms with E-state index in [0.29, 0.717) is 13.1 Å². The molecule has 0 aliphatic carbocycles. The number of rotatable bonds is 5.